The molecule has 0 aromatic heterocycles. The lowest BCUT2D eigenvalue weighted by Crippen LogP contribution is -2.49. The van der Waals surface area contributed by atoms with Crippen LogP contribution in [0.25, 0.3) is 0 Å². The highest BCUT2D eigenvalue weighted by Crippen LogP contribution is 2.42. The lowest BCUT2D eigenvalue weighted by molar-refractivity contribution is -0.105. The number of aliphatic hydroxyl groups excluding tert-OH is 1. The van der Waals surface area contributed by atoms with E-state index in [1.165, 1.54) is 51.5 Å². The first-order valence-corrected chi connectivity index (χ1v) is 7.34. The minimum absolute atomic E-state index is 0.214. The Morgan fingerprint density at radius 2 is 2.00 bits per heavy atom. The highest BCUT2D eigenvalue weighted by molar-refractivity contribution is 4.96. The van der Waals surface area contributed by atoms with Crippen LogP contribution >= 0.6 is 0 Å². The second-order valence-electron chi connectivity index (χ2n) is 6.10. The maximum Gasteiger partial charge on any atom is 0.0697 e. The fraction of sp³-hybridized carbons (Fsp3) is 1.00. The second kappa shape index (κ2) is 4.87. The van der Waals surface area contributed by atoms with E-state index < -0.39 is 0 Å². The summed E-state index contributed by atoms with van der Waals surface area (Å²) in [6.07, 6.45) is 10.0. The number of hydrogen-bond acceptors (Lipinski definition) is 3. The predicted molar refractivity (Wildman–Crippen MR) is 67.0 cm³/mol. The zero-order chi connectivity index (χ0) is 11.7. The molecule has 2 atom stereocenters. The quantitative estimate of drug-likeness (QED) is 0.799. The lowest BCUT2D eigenvalue weighted by Gasteiger charge is -2.43. The maximum absolute atomic E-state index is 9.45. The van der Waals surface area contributed by atoms with Crippen LogP contribution in [-0.2, 0) is 4.74 Å². The van der Waals surface area contributed by atoms with Crippen LogP contribution in [0.1, 0.15) is 51.4 Å². The Balaban J connectivity index is 1.67. The minimum atomic E-state index is 0.214. The molecule has 2 saturated heterocycles. The molecule has 98 valence electrons. The molecule has 3 rings (SSSR count). The van der Waals surface area contributed by atoms with Gasteiger partial charge in [0.05, 0.1) is 12.2 Å². The molecule has 1 saturated carbocycles. The summed E-state index contributed by atoms with van der Waals surface area (Å²) in [4.78, 5) is 2.57. The predicted octanol–water partition coefficient (Wildman–Crippen LogP) is 1.93. The van der Waals surface area contributed by atoms with Crippen molar-refractivity contribution in [3.8, 4) is 0 Å². The van der Waals surface area contributed by atoms with Gasteiger partial charge in [-0.3, -0.25) is 4.90 Å². The first-order valence-electron chi connectivity index (χ1n) is 7.34. The Bertz CT molecular complexity index is 263. The van der Waals surface area contributed by atoms with Crippen LogP contribution in [-0.4, -0.2) is 47.4 Å². The third-order valence-corrected chi connectivity index (χ3v) is 5.08. The molecule has 17 heavy (non-hydrogen) atoms. The lowest BCUT2D eigenvalue weighted by atomic mass is 9.88. The fourth-order valence-electron chi connectivity index (χ4n) is 4.19. The van der Waals surface area contributed by atoms with Gasteiger partial charge in [0.2, 0.25) is 0 Å². The van der Waals surface area contributed by atoms with Crippen LogP contribution in [0.5, 0.6) is 0 Å². The Morgan fingerprint density at radius 3 is 2.76 bits per heavy atom. The Labute approximate surface area is 104 Å². The van der Waals surface area contributed by atoms with Crippen molar-refractivity contribution in [2.24, 2.45) is 0 Å². The van der Waals surface area contributed by atoms with Gasteiger partial charge in [0.25, 0.3) is 0 Å². The Kier molecular flexibility index (Phi) is 3.42. The smallest absolute Gasteiger partial charge is 0.0697 e. The summed E-state index contributed by atoms with van der Waals surface area (Å²) in [7, 11) is 0. The second-order valence-corrected chi connectivity index (χ2v) is 6.10. The molecule has 3 aliphatic rings. The largest absolute Gasteiger partial charge is 0.395 e. The standard InChI is InChI=1S/C14H25NO2/c16-11-13-4-3-8-15(13)12-5-9-17-14(10-12)6-1-2-7-14/h12-13,16H,1-11H2. The summed E-state index contributed by atoms with van der Waals surface area (Å²) < 4.78 is 6.10. The summed E-state index contributed by atoms with van der Waals surface area (Å²) in [5, 5.41) is 9.45. The van der Waals surface area contributed by atoms with Crippen LogP contribution in [0.3, 0.4) is 0 Å². The zero-order valence-corrected chi connectivity index (χ0v) is 10.7. The number of nitrogens with zero attached hydrogens (tertiary/aromatic N) is 1. The third-order valence-electron chi connectivity index (χ3n) is 5.08. The van der Waals surface area contributed by atoms with Crippen molar-refractivity contribution in [1.29, 1.82) is 0 Å². The average Bonchev–Trinajstić information content (AvgIpc) is 2.98. The van der Waals surface area contributed by atoms with E-state index in [2.05, 4.69) is 4.90 Å². The van der Waals surface area contributed by atoms with E-state index in [0.717, 1.165) is 13.0 Å². The van der Waals surface area contributed by atoms with E-state index in [4.69, 9.17) is 4.74 Å². The van der Waals surface area contributed by atoms with Gasteiger partial charge in [-0.1, -0.05) is 12.8 Å². The molecule has 0 aromatic rings. The summed E-state index contributed by atoms with van der Waals surface area (Å²) >= 11 is 0. The number of likely N-dealkylation sites (tertiary alicyclic amines) is 1. The summed E-state index contributed by atoms with van der Waals surface area (Å²) in [5.41, 5.74) is 0.214. The van der Waals surface area contributed by atoms with Gasteiger partial charge in [-0.2, -0.15) is 0 Å². The van der Waals surface area contributed by atoms with Crippen LogP contribution in [0.2, 0.25) is 0 Å². The Morgan fingerprint density at radius 1 is 1.18 bits per heavy atom. The van der Waals surface area contributed by atoms with Gasteiger partial charge in [-0.05, 0) is 45.1 Å². The van der Waals surface area contributed by atoms with Crippen molar-refractivity contribution in [3.05, 3.63) is 0 Å². The van der Waals surface area contributed by atoms with Crippen LogP contribution in [0, 0.1) is 0 Å². The zero-order valence-electron chi connectivity index (χ0n) is 10.7. The fourth-order valence-corrected chi connectivity index (χ4v) is 4.19. The maximum atomic E-state index is 9.45. The van der Waals surface area contributed by atoms with Crippen molar-refractivity contribution >= 4 is 0 Å². The van der Waals surface area contributed by atoms with Gasteiger partial charge < -0.3 is 9.84 Å². The summed E-state index contributed by atoms with van der Waals surface area (Å²) in [6, 6.07) is 1.10. The van der Waals surface area contributed by atoms with Crippen molar-refractivity contribution < 1.29 is 9.84 Å². The highest BCUT2D eigenvalue weighted by atomic mass is 16.5. The number of rotatable bonds is 2. The van der Waals surface area contributed by atoms with Crippen molar-refractivity contribution in [1.82, 2.24) is 4.90 Å². The van der Waals surface area contributed by atoms with Crippen molar-refractivity contribution in [3.63, 3.8) is 0 Å². The molecule has 0 bridgehead atoms. The molecule has 1 aliphatic carbocycles. The van der Waals surface area contributed by atoms with E-state index in [9.17, 15) is 5.11 Å². The molecule has 3 heteroatoms. The van der Waals surface area contributed by atoms with Crippen LogP contribution in [0.15, 0.2) is 0 Å². The molecular weight excluding hydrogens is 214 g/mol. The van der Waals surface area contributed by atoms with Gasteiger partial charge >= 0.3 is 0 Å². The molecule has 1 N–H and O–H groups in total. The molecule has 3 nitrogen and oxygen atoms in total. The average molecular weight is 239 g/mol. The Hall–Kier alpha value is -0.120. The molecule has 1 spiro atoms. The van der Waals surface area contributed by atoms with E-state index in [1.807, 2.05) is 0 Å². The van der Waals surface area contributed by atoms with Crippen molar-refractivity contribution in [2.45, 2.75) is 69.1 Å². The SMILES string of the molecule is OCC1CCCN1C1CCOC2(CCCC2)C1. The monoisotopic (exact) mass is 239 g/mol. The van der Waals surface area contributed by atoms with E-state index in [0.29, 0.717) is 18.7 Å². The first-order chi connectivity index (χ1) is 8.33. The van der Waals surface area contributed by atoms with E-state index >= 15 is 0 Å². The molecule has 2 unspecified atom stereocenters. The van der Waals surface area contributed by atoms with Crippen LogP contribution in [0.4, 0.5) is 0 Å². The molecular formula is C14H25NO2. The summed E-state index contributed by atoms with van der Waals surface area (Å²) in [5.74, 6) is 0. The number of aliphatic hydroxyl groups is 1. The summed E-state index contributed by atoms with van der Waals surface area (Å²) in [6.45, 7) is 2.45. The normalized spacial score (nSPS) is 37.9. The molecule has 0 radical (unpaired) electrons. The molecule has 3 fully saturated rings. The highest BCUT2D eigenvalue weighted by Gasteiger charge is 2.43. The molecule has 2 heterocycles. The number of hydrogen-bond donors (Lipinski definition) is 1. The topological polar surface area (TPSA) is 32.7 Å². The van der Waals surface area contributed by atoms with Crippen LogP contribution < -0.4 is 0 Å². The molecule has 0 aromatic carbocycles. The van der Waals surface area contributed by atoms with Gasteiger partial charge in [0.15, 0.2) is 0 Å². The molecule has 0 amide bonds. The first kappa shape index (κ1) is 11.9. The van der Waals surface area contributed by atoms with Gasteiger partial charge in [-0.15, -0.1) is 0 Å². The minimum Gasteiger partial charge on any atom is -0.395 e. The van der Waals surface area contributed by atoms with E-state index in [1.54, 1.807) is 0 Å². The number of ether oxygens (including phenoxy) is 1. The van der Waals surface area contributed by atoms with E-state index in [-0.39, 0.29) is 5.60 Å². The van der Waals surface area contributed by atoms with Gasteiger partial charge in [0.1, 0.15) is 0 Å². The molecule has 2 aliphatic heterocycles. The third kappa shape index (κ3) is 2.25. The van der Waals surface area contributed by atoms with Gasteiger partial charge in [0, 0.05) is 18.7 Å². The van der Waals surface area contributed by atoms with Gasteiger partial charge in [-0.25, -0.2) is 0 Å². The van der Waals surface area contributed by atoms with Crippen molar-refractivity contribution in [2.75, 3.05) is 19.8 Å².